The molecule has 0 amide bonds. The van der Waals surface area contributed by atoms with Crippen LogP contribution in [0.1, 0.15) is 18.9 Å². The molecule has 1 rings (SSSR count). The highest BCUT2D eigenvalue weighted by Gasteiger charge is 2.17. The number of ether oxygens (including phenoxy) is 1. The van der Waals surface area contributed by atoms with E-state index in [2.05, 4.69) is 18.8 Å². The molecule has 1 aromatic rings. The minimum Gasteiger partial charge on any atom is -0.482 e. The van der Waals surface area contributed by atoms with E-state index in [4.69, 9.17) is 4.74 Å². The van der Waals surface area contributed by atoms with E-state index in [0.717, 1.165) is 18.5 Å². The number of aryl methyl sites for hydroxylation is 1. The van der Waals surface area contributed by atoms with Gasteiger partial charge in [0.2, 0.25) is 0 Å². The lowest BCUT2D eigenvalue weighted by atomic mass is 10.2. The number of para-hydroxylation sites is 1. The van der Waals surface area contributed by atoms with Crippen molar-refractivity contribution >= 4 is 5.69 Å². The molecule has 0 aliphatic heterocycles. The Balaban J connectivity index is 2.60. The van der Waals surface area contributed by atoms with E-state index in [1.807, 2.05) is 0 Å². The van der Waals surface area contributed by atoms with Crippen LogP contribution in [0.5, 0.6) is 5.75 Å². The van der Waals surface area contributed by atoms with E-state index < -0.39 is 4.92 Å². The maximum absolute atomic E-state index is 11.0. The van der Waals surface area contributed by atoms with Gasteiger partial charge >= 0.3 is 5.69 Å². The van der Waals surface area contributed by atoms with Gasteiger partial charge in [-0.05, 0) is 31.5 Å². The Kier molecular flexibility index (Phi) is 6.02. The number of benzene rings is 1. The summed E-state index contributed by atoms with van der Waals surface area (Å²) in [5.41, 5.74) is 1.48. The second kappa shape index (κ2) is 7.53. The fraction of sp³-hybridized carbons (Fsp3) is 0.429. The molecule has 0 aromatic heterocycles. The molecule has 5 nitrogen and oxygen atoms in total. The van der Waals surface area contributed by atoms with Gasteiger partial charge in [0.05, 0.1) is 4.92 Å². The van der Waals surface area contributed by atoms with Crippen LogP contribution in [-0.2, 0) is 0 Å². The lowest BCUT2D eigenvalue weighted by Crippen LogP contribution is -2.20. The van der Waals surface area contributed by atoms with E-state index in [1.54, 1.807) is 25.1 Å². The van der Waals surface area contributed by atoms with Crippen LogP contribution in [0.3, 0.4) is 0 Å². The first-order valence-corrected chi connectivity index (χ1v) is 6.30. The molecule has 0 aliphatic rings. The number of hydrogen-bond acceptors (Lipinski definition) is 4. The van der Waals surface area contributed by atoms with Crippen LogP contribution in [0.15, 0.2) is 30.4 Å². The monoisotopic (exact) mass is 264 g/mol. The Morgan fingerprint density at radius 2 is 2.26 bits per heavy atom. The summed E-state index contributed by atoms with van der Waals surface area (Å²) in [7, 11) is 0. The van der Waals surface area contributed by atoms with Gasteiger partial charge in [0.25, 0.3) is 0 Å². The maximum atomic E-state index is 11.0. The summed E-state index contributed by atoms with van der Waals surface area (Å²) < 4.78 is 5.49. The summed E-state index contributed by atoms with van der Waals surface area (Å²) in [6.45, 7) is 9.52. The first-order valence-electron chi connectivity index (χ1n) is 6.30. The van der Waals surface area contributed by atoms with E-state index in [-0.39, 0.29) is 12.3 Å². The summed E-state index contributed by atoms with van der Waals surface area (Å²) in [4.78, 5) is 10.6. The molecule has 0 saturated heterocycles. The molecule has 1 aromatic carbocycles. The third-order valence-corrected chi connectivity index (χ3v) is 2.62. The fourth-order valence-electron chi connectivity index (χ4n) is 1.66. The Morgan fingerprint density at radius 1 is 1.53 bits per heavy atom. The molecule has 0 aliphatic carbocycles. The van der Waals surface area contributed by atoms with Crippen molar-refractivity contribution in [3.8, 4) is 5.75 Å². The van der Waals surface area contributed by atoms with Crippen molar-refractivity contribution < 1.29 is 9.66 Å². The van der Waals surface area contributed by atoms with Crippen molar-refractivity contribution in [2.45, 2.75) is 20.3 Å². The number of nitrogens with zero attached hydrogens (tertiary/aromatic N) is 1. The number of hydrogen-bond donors (Lipinski definition) is 1. The van der Waals surface area contributed by atoms with E-state index in [0.29, 0.717) is 17.9 Å². The molecule has 0 unspecified atom stereocenters. The third kappa shape index (κ3) is 4.71. The number of rotatable bonds is 8. The second-order valence-corrected chi connectivity index (χ2v) is 4.39. The summed E-state index contributed by atoms with van der Waals surface area (Å²) in [5, 5.41) is 14.2. The Hall–Kier alpha value is -1.88. The van der Waals surface area contributed by atoms with Gasteiger partial charge in [-0.25, -0.2) is 0 Å². The van der Waals surface area contributed by atoms with Gasteiger partial charge in [0, 0.05) is 12.1 Å². The predicted octanol–water partition coefficient (Wildman–Crippen LogP) is 2.84. The first-order chi connectivity index (χ1) is 9.06. The molecule has 19 heavy (non-hydrogen) atoms. The van der Waals surface area contributed by atoms with Gasteiger partial charge < -0.3 is 10.1 Å². The van der Waals surface area contributed by atoms with Crippen molar-refractivity contribution in [2.24, 2.45) is 0 Å². The molecule has 104 valence electrons. The fourth-order valence-corrected chi connectivity index (χ4v) is 1.66. The number of nitro groups is 1. The minimum atomic E-state index is -0.414. The average Bonchev–Trinajstić information content (AvgIpc) is 2.36. The van der Waals surface area contributed by atoms with Gasteiger partial charge in [-0.3, -0.25) is 10.1 Å². The second-order valence-electron chi connectivity index (χ2n) is 4.39. The Bertz CT molecular complexity index is 458. The van der Waals surface area contributed by atoms with Crippen LogP contribution in [-0.4, -0.2) is 24.6 Å². The summed E-state index contributed by atoms with van der Waals surface area (Å²) in [6.07, 6.45) is 1.05. The first kappa shape index (κ1) is 15.2. The number of nitro benzene ring substituents is 1. The molecule has 5 heteroatoms. The smallest absolute Gasteiger partial charge is 0.313 e. The highest BCUT2D eigenvalue weighted by molar-refractivity contribution is 5.52. The van der Waals surface area contributed by atoms with Crippen LogP contribution in [0, 0.1) is 17.0 Å². The van der Waals surface area contributed by atoms with Gasteiger partial charge in [0.15, 0.2) is 5.75 Å². The van der Waals surface area contributed by atoms with Crippen molar-refractivity contribution in [3.05, 3.63) is 46.0 Å². The minimum absolute atomic E-state index is 0.0248. The van der Waals surface area contributed by atoms with Crippen molar-refractivity contribution in [2.75, 3.05) is 19.7 Å². The largest absolute Gasteiger partial charge is 0.482 e. The summed E-state index contributed by atoms with van der Waals surface area (Å²) in [5.74, 6) is 0.293. The van der Waals surface area contributed by atoms with Crippen LogP contribution in [0.4, 0.5) is 5.69 Å². The predicted molar refractivity (Wildman–Crippen MR) is 75.6 cm³/mol. The zero-order valence-corrected chi connectivity index (χ0v) is 11.4. The molecule has 0 radical (unpaired) electrons. The third-order valence-electron chi connectivity index (χ3n) is 2.62. The quantitative estimate of drug-likeness (QED) is 0.339. The van der Waals surface area contributed by atoms with Crippen LogP contribution in [0.25, 0.3) is 0 Å². The van der Waals surface area contributed by atoms with E-state index in [1.165, 1.54) is 0 Å². The SMILES string of the molecule is C=C(CNCCC)COc1cccc(C)c1[N+](=O)[O-]. The average molecular weight is 264 g/mol. The molecule has 0 atom stereocenters. The molecule has 0 bridgehead atoms. The number of nitrogens with one attached hydrogen (secondary N) is 1. The van der Waals surface area contributed by atoms with E-state index >= 15 is 0 Å². The van der Waals surface area contributed by atoms with Gasteiger partial charge in [-0.2, -0.15) is 0 Å². The zero-order chi connectivity index (χ0) is 14.3. The normalized spacial score (nSPS) is 10.2. The molecular weight excluding hydrogens is 244 g/mol. The van der Waals surface area contributed by atoms with Crippen LogP contribution >= 0.6 is 0 Å². The van der Waals surface area contributed by atoms with Crippen LogP contribution in [0.2, 0.25) is 0 Å². The van der Waals surface area contributed by atoms with Crippen LogP contribution < -0.4 is 10.1 Å². The molecule has 0 fully saturated rings. The Labute approximate surface area is 113 Å². The van der Waals surface area contributed by atoms with Gasteiger partial charge in [-0.15, -0.1) is 0 Å². The molecule has 1 N–H and O–H groups in total. The molecule has 0 saturated carbocycles. The summed E-state index contributed by atoms with van der Waals surface area (Å²) in [6, 6.07) is 5.05. The van der Waals surface area contributed by atoms with E-state index in [9.17, 15) is 10.1 Å². The standard InChI is InChI=1S/C14H20N2O3/c1-4-8-15-9-11(2)10-19-13-7-5-6-12(3)14(13)16(17)18/h5-7,15H,2,4,8-10H2,1,3H3. The van der Waals surface area contributed by atoms with Crippen molar-refractivity contribution in [3.63, 3.8) is 0 Å². The lowest BCUT2D eigenvalue weighted by Gasteiger charge is -2.10. The summed E-state index contributed by atoms with van der Waals surface area (Å²) >= 11 is 0. The van der Waals surface area contributed by atoms with Crippen molar-refractivity contribution in [1.29, 1.82) is 0 Å². The van der Waals surface area contributed by atoms with Gasteiger partial charge in [0.1, 0.15) is 6.61 Å². The maximum Gasteiger partial charge on any atom is 0.313 e. The highest BCUT2D eigenvalue weighted by Crippen LogP contribution is 2.30. The molecular formula is C14H20N2O3. The van der Waals surface area contributed by atoms with Gasteiger partial charge in [-0.1, -0.05) is 25.6 Å². The topological polar surface area (TPSA) is 64.4 Å². The zero-order valence-electron chi connectivity index (χ0n) is 11.4. The lowest BCUT2D eigenvalue weighted by molar-refractivity contribution is -0.386. The highest BCUT2D eigenvalue weighted by atomic mass is 16.6. The Morgan fingerprint density at radius 3 is 2.89 bits per heavy atom. The molecule has 0 heterocycles. The molecule has 0 spiro atoms. The van der Waals surface area contributed by atoms with Crippen molar-refractivity contribution in [1.82, 2.24) is 5.32 Å².